The van der Waals surface area contributed by atoms with Crippen LogP contribution >= 0.6 is 8.53 Å². The second-order valence-electron chi connectivity index (χ2n) is 18.6. The Morgan fingerprint density at radius 1 is 0.615 bits per heavy atom. The minimum atomic E-state index is -1.69. The van der Waals surface area contributed by atoms with Crippen LogP contribution in [0.2, 0.25) is 0 Å². The maximum Gasteiger partial charge on any atom is 0.321 e. The van der Waals surface area contributed by atoms with Crippen molar-refractivity contribution < 1.29 is 56.6 Å². The van der Waals surface area contributed by atoms with E-state index in [-0.39, 0.29) is 126 Å². The van der Waals surface area contributed by atoms with Crippen LogP contribution in [-0.2, 0) is 88.3 Å². The molecule has 432 valence electrons. The molecule has 27 nitrogen and oxygen atoms in total. The Labute approximate surface area is 457 Å². The van der Waals surface area contributed by atoms with Gasteiger partial charge in [0.15, 0.2) is 0 Å². The molecule has 28 heteroatoms. The van der Waals surface area contributed by atoms with E-state index in [4.69, 9.17) is 37.5 Å². The molecule has 0 spiro atoms. The summed E-state index contributed by atoms with van der Waals surface area (Å²) < 4.78 is 53.2. The number of amides is 4. The quantitative estimate of drug-likeness (QED) is 0.0366. The van der Waals surface area contributed by atoms with Gasteiger partial charge in [0.25, 0.3) is 5.91 Å². The molecule has 0 bridgehead atoms. The number of aryl methyl sites for hydroxylation is 3. The highest BCUT2D eigenvalue weighted by atomic mass is 31.2. The lowest BCUT2D eigenvalue weighted by atomic mass is 9.82. The third-order valence-corrected chi connectivity index (χ3v) is 13.4. The van der Waals surface area contributed by atoms with E-state index in [0.29, 0.717) is 82.3 Å². The molecule has 0 aliphatic rings. The van der Waals surface area contributed by atoms with Crippen molar-refractivity contribution in [3.8, 4) is 11.8 Å². The van der Waals surface area contributed by atoms with Gasteiger partial charge in [-0.15, -0.1) is 15.3 Å². The Bertz CT molecular complexity index is 2210. The second-order valence-corrected chi connectivity index (χ2v) is 20.0. The number of nitriles is 1. The van der Waals surface area contributed by atoms with E-state index in [1.807, 2.05) is 27.7 Å². The molecule has 0 saturated carbocycles. The molecule has 0 saturated heterocycles. The summed E-state index contributed by atoms with van der Waals surface area (Å²) in [6.45, 7) is 12.2. The summed E-state index contributed by atoms with van der Waals surface area (Å²) >= 11 is 0. The minimum Gasteiger partial charge on any atom is -0.436 e. The standard InChI is InChI=1S/C50H80N15O12P/c1-39(2)65(40(3)4)78(76-22-9-18-51)77-45-11-8-10-41(32-45)49(69)55-50(15-12-46(66)52-19-23-70-26-29-73-36-42-33-62(5)59-56-42,16-13-47(67)53-20-24-71-27-30-74-37-43-34-63(6)60-57-43)17-14-48(68)54-21-25-72-28-31-75-38-44-35-64(7)61-58-44/h8,10-11,32-35,39-40H,9,12-17,19-31,36-38H2,1-7H3,(H,52,66)(H,53,67)(H,54,68)(H,55,69). The first-order chi connectivity index (χ1) is 37.6. The molecule has 4 aromatic rings. The zero-order valence-electron chi connectivity index (χ0n) is 46.2. The zero-order chi connectivity index (χ0) is 56.4. The first-order valence-electron chi connectivity index (χ1n) is 26.2. The smallest absolute Gasteiger partial charge is 0.321 e. The fourth-order valence-electron chi connectivity index (χ4n) is 7.63. The maximum atomic E-state index is 14.6. The van der Waals surface area contributed by atoms with E-state index in [2.05, 4.69) is 62.9 Å². The van der Waals surface area contributed by atoms with Gasteiger partial charge in [0.1, 0.15) is 22.8 Å². The van der Waals surface area contributed by atoms with Crippen LogP contribution in [0.1, 0.15) is 100 Å². The fourth-order valence-corrected chi connectivity index (χ4v) is 9.20. The van der Waals surface area contributed by atoms with Crippen molar-refractivity contribution in [3.63, 3.8) is 0 Å². The van der Waals surface area contributed by atoms with Crippen molar-refractivity contribution >= 4 is 32.2 Å². The number of nitrogens with one attached hydrogen (secondary N) is 4. The van der Waals surface area contributed by atoms with E-state index < -0.39 is 20.0 Å². The van der Waals surface area contributed by atoms with Crippen LogP contribution in [0, 0.1) is 11.3 Å². The third-order valence-electron chi connectivity index (χ3n) is 11.3. The number of rotatable bonds is 43. The number of carbonyl (C=O) groups excluding carboxylic acids is 4. The highest BCUT2D eigenvalue weighted by Crippen LogP contribution is 2.46. The van der Waals surface area contributed by atoms with Gasteiger partial charge >= 0.3 is 8.53 Å². The van der Waals surface area contributed by atoms with Gasteiger partial charge < -0.3 is 58.7 Å². The number of hydrogen-bond acceptors (Lipinski definition) is 20. The largest absolute Gasteiger partial charge is 0.436 e. The van der Waals surface area contributed by atoms with Gasteiger partial charge in [0, 0.05) is 83.2 Å². The second kappa shape index (κ2) is 36.9. The van der Waals surface area contributed by atoms with E-state index in [1.165, 1.54) is 0 Å². The van der Waals surface area contributed by atoms with Crippen LogP contribution in [0.15, 0.2) is 42.9 Å². The first kappa shape index (κ1) is 64.4. The monoisotopic (exact) mass is 1110 g/mol. The van der Waals surface area contributed by atoms with Gasteiger partial charge in [-0.05, 0) is 65.2 Å². The highest BCUT2D eigenvalue weighted by Gasteiger charge is 2.35. The SMILES string of the molecule is CC(C)N(C(C)C)P(OCCC#N)Oc1cccc(C(=O)NC(CCC(=O)NCCOCCOCc2cn(C)nn2)(CCC(=O)NCCOCCOCc2cn(C)nn2)CCC(=O)NCCOCCOCc2cn(C)nn2)c1. The van der Waals surface area contributed by atoms with Gasteiger partial charge in [0.05, 0.1) is 117 Å². The number of ether oxygens (including phenoxy) is 6. The molecular weight excluding hydrogens is 1030 g/mol. The molecule has 1 aromatic carbocycles. The zero-order valence-corrected chi connectivity index (χ0v) is 47.1. The van der Waals surface area contributed by atoms with Crippen LogP contribution < -0.4 is 25.8 Å². The first-order valence-corrected chi connectivity index (χ1v) is 27.3. The summed E-state index contributed by atoms with van der Waals surface area (Å²) in [5, 5.41) is 44.6. The van der Waals surface area contributed by atoms with Gasteiger partial charge in [-0.2, -0.15) is 5.26 Å². The van der Waals surface area contributed by atoms with Crippen LogP contribution in [0.5, 0.6) is 5.75 Å². The number of hydrogen-bond donors (Lipinski definition) is 4. The predicted molar refractivity (Wildman–Crippen MR) is 284 cm³/mol. The third kappa shape index (κ3) is 26.5. The van der Waals surface area contributed by atoms with Crippen molar-refractivity contribution in [2.75, 3.05) is 85.7 Å². The summed E-state index contributed by atoms with van der Waals surface area (Å²) in [6.07, 6.45) is 5.50. The molecule has 1 atom stereocenters. The molecule has 4 amide bonds. The molecule has 0 fully saturated rings. The molecule has 4 rings (SSSR count). The molecule has 0 radical (unpaired) electrons. The Balaban J connectivity index is 1.44. The fraction of sp³-hybridized carbons (Fsp3) is 0.660. The molecule has 78 heavy (non-hydrogen) atoms. The van der Waals surface area contributed by atoms with E-state index in [0.717, 1.165) is 0 Å². The molecule has 3 heterocycles. The van der Waals surface area contributed by atoms with E-state index in [1.54, 1.807) is 78.0 Å². The topological polar surface area (TPSA) is 309 Å². The number of aromatic nitrogens is 9. The lowest BCUT2D eigenvalue weighted by molar-refractivity contribution is -0.121. The summed E-state index contributed by atoms with van der Waals surface area (Å²) in [5.41, 5.74) is 1.07. The molecular formula is C50H80N15O12P. The van der Waals surface area contributed by atoms with Gasteiger partial charge in [-0.25, -0.2) is 4.67 Å². The molecule has 0 aliphatic carbocycles. The average Bonchev–Trinajstić information content (AvgIpc) is 4.17. The van der Waals surface area contributed by atoms with E-state index in [9.17, 15) is 24.4 Å². The summed E-state index contributed by atoms with van der Waals surface area (Å²) in [4.78, 5) is 55.1. The van der Waals surface area contributed by atoms with Crippen LogP contribution in [0.4, 0.5) is 0 Å². The summed E-state index contributed by atoms with van der Waals surface area (Å²) in [6, 6.07) is 8.79. The predicted octanol–water partition coefficient (Wildman–Crippen LogP) is 2.58. The summed E-state index contributed by atoms with van der Waals surface area (Å²) in [7, 11) is 3.63. The van der Waals surface area contributed by atoms with Crippen molar-refractivity contribution in [3.05, 3.63) is 65.5 Å². The molecule has 1 unspecified atom stereocenters. The van der Waals surface area contributed by atoms with Gasteiger partial charge in [-0.1, -0.05) is 21.7 Å². The lowest BCUT2D eigenvalue weighted by Gasteiger charge is -2.36. The van der Waals surface area contributed by atoms with Crippen molar-refractivity contribution in [2.45, 2.75) is 110 Å². The Morgan fingerprint density at radius 2 is 1.03 bits per heavy atom. The molecule has 0 aliphatic heterocycles. The minimum absolute atomic E-state index is 0.0343. The molecule has 3 aromatic heterocycles. The van der Waals surface area contributed by atoms with Crippen LogP contribution in [0.3, 0.4) is 0 Å². The van der Waals surface area contributed by atoms with Gasteiger partial charge in [0.2, 0.25) is 17.7 Å². The van der Waals surface area contributed by atoms with Crippen LogP contribution in [0.25, 0.3) is 0 Å². The van der Waals surface area contributed by atoms with Gasteiger partial charge in [-0.3, -0.25) is 33.2 Å². The number of benzene rings is 1. The normalized spacial score (nSPS) is 12.0. The van der Waals surface area contributed by atoms with Crippen molar-refractivity contribution in [2.24, 2.45) is 21.1 Å². The van der Waals surface area contributed by atoms with E-state index >= 15 is 0 Å². The average molecular weight is 1110 g/mol. The van der Waals surface area contributed by atoms with Crippen molar-refractivity contribution in [1.82, 2.24) is 70.9 Å². The maximum absolute atomic E-state index is 14.6. The van der Waals surface area contributed by atoms with Crippen LogP contribution in [-0.4, -0.2) is 177 Å². The lowest BCUT2D eigenvalue weighted by Crippen LogP contribution is -2.50. The Morgan fingerprint density at radius 3 is 1.40 bits per heavy atom. The highest BCUT2D eigenvalue weighted by molar-refractivity contribution is 7.45. The Hall–Kier alpha value is -6.08. The molecule has 4 N–H and O–H groups in total. The summed E-state index contributed by atoms with van der Waals surface area (Å²) in [5.74, 6) is -1.11. The number of nitrogens with zero attached hydrogens (tertiary/aromatic N) is 11. The number of carbonyl (C=O) groups is 4. The Kier molecular flexibility index (Phi) is 30.5. The van der Waals surface area contributed by atoms with Crippen molar-refractivity contribution in [1.29, 1.82) is 5.26 Å².